The number of aryl methyl sites for hydroxylation is 2. The predicted octanol–water partition coefficient (Wildman–Crippen LogP) is 4.65. The maximum absolute atomic E-state index is 13.5. The van der Waals surface area contributed by atoms with Gasteiger partial charge < -0.3 is 4.74 Å². The number of hydrogen-bond acceptors (Lipinski definition) is 6. The summed E-state index contributed by atoms with van der Waals surface area (Å²) in [6.07, 6.45) is 0. The van der Waals surface area contributed by atoms with Gasteiger partial charge >= 0.3 is 0 Å². The number of sulfonamides is 1. The second-order valence-corrected chi connectivity index (χ2v) is 8.86. The largest absolute Gasteiger partial charge is 0.494 e. The summed E-state index contributed by atoms with van der Waals surface area (Å²) in [5.74, 6) is -0.389. The molecule has 0 radical (unpaired) electrons. The van der Waals surface area contributed by atoms with E-state index in [0.29, 0.717) is 22.2 Å². The molecule has 3 aromatic carbocycles. The molecule has 0 aliphatic heterocycles. The Morgan fingerprint density at radius 2 is 1.62 bits per heavy atom. The molecule has 0 fully saturated rings. The fourth-order valence-corrected chi connectivity index (χ4v) is 4.50. The van der Waals surface area contributed by atoms with Crippen molar-refractivity contribution in [2.75, 3.05) is 10.9 Å². The zero-order valence-electron chi connectivity index (χ0n) is 17.8. The van der Waals surface area contributed by atoms with Gasteiger partial charge in [0, 0.05) is 17.2 Å². The fraction of sp³-hybridized carbons (Fsp3) is 0.174. The van der Waals surface area contributed by atoms with Crippen molar-refractivity contribution >= 4 is 27.3 Å². The van der Waals surface area contributed by atoms with Crippen molar-refractivity contribution in [2.24, 2.45) is 0 Å². The molecule has 1 amide bonds. The van der Waals surface area contributed by atoms with Crippen LogP contribution < -0.4 is 9.04 Å². The number of anilines is 1. The van der Waals surface area contributed by atoms with Gasteiger partial charge in [-0.2, -0.15) is 4.31 Å². The van der Waals surface area contributed by atoms with E-state index < -0.39 is 20.9 Å². The molecule has 9 heteroatoms. The summed E-state index contributed by atoms with van der Waals surface area (Å²) >= 11 is 0. The van der Waals surface area contributed by atoms with Gasteiger partial charge in [-0.25, -0.2) is 8.42 Å². The number of hydrogen-bond donors (Lipinski definition) is 0. The second kappa shape index (κ2) is 9.19. The molecule has 0 atom stereocenters. The predicted molar refractivity (Wildman–Crippen MR) is 121 cm³/mol. The number of ether oxygens (including phenoxy) is 1. The Morgan fingerprint density at radius 1 is 1.00 bits per heavy atom. The number of carbonyl (C=O) groups is 1. The topological polar surface area (TPSA) is 107 Å². The van der Waals surface area contributed by atoms with Crippen LogP contribution in [0.15, 0.2) is 71.6 Å². The first-order valence-electron chi connectivity index (χ1n) is 9.79. The molecule has 0 bridgehead atoms. The highest BCUT2D eigenvalue weighted by Gasteiger charge is 2.32. The zero-order valence-corrected chi connectivity index (χ0v) is 18.6. The maximum Gasteiger partial charge on any atom is 0.273 e. The number of benzene rings is 3. The number of nitro groups is 1. The molecule has 3 rings (SSSR count). The van der Waals surface area contributed by atoms with Gasteiger partial charge in [-0.1, -0.05) is 23.8 Å². The zero-order chi connectivity index (χ0) is 23.5. The molecular formula is C23H22N2O6S. The average Bonchev–Trinajstić information content (AvgIpc) is 2.75. The lowest BCUT2D eigenvalue weighted by molar-refractivity contribution is -0.385. The van der Waals surface area contributed by atoms with Crippen molar-refractivity contribution in [1.29, 1.82) is 0 Å². The van der Waals surface area contributed by atoms with E-state index >= 15 is 0 Å². The third-order valence-corrected chi connectivity index (χ3v) is 6.50. The molecule has 0 N–H and O–H groups in total. The molecule has 8 nitrogen and oxygen atoms in total. The van der Waals surface area contributed by atoms with E-state index in [4.69, 9.17) is 4.74 Å². The summed E-state index contributed by atoms with van der Waals surface area (Å²) in [7, 11) is -4.31. The van der Waals surface area contributed by atoms with Crippen molar-refractivity contribution in [1.82, 2.24) is 0 Å². The summed E-state index contributed by atoms with van der Waals surface area (Å²) < 4.78 is 33.0. The summed E-state index contributed by atoms with van der Waals surface area (Å²) in [5.41, 5.74) is 0.918. The van der Waals surface area contributed by atoms with Crippen LogP contribution in [0.5, 0.6) is 5.75 Å². The minimum absolute atomic E-state index is 0.0769. The summed E-state index contributed by atoms with van der Waals surface area (Å²) in [4.78, 5) is 24.1. The molecule has 0 saturated carbocycles. The number of rotatable bonds is 7. The van der Waals surface area contributed by atoms with Crippen molar-refractivity contribution in [3.8, 4) is 5.75 Å². The fourth-order valence-electron chi connectivity index (χ4n) is 3.08. The van der Waals surface area contributed by atoms with Crippen molar-refractivity contribution < 1.29 is 22.9 Å². The Bertz CT molecular complexity index is 1250. The number of nitrogens with zero attached hydrogens (tertiary/aromatic N) is 2. The number of nitro benzene ring substituents is 1. The number of carbonyl (C=O) groups excluding carboxylic acids is 1. The van der Waals surface area contributed by atoms with Gasteiger partial charge in [0.25, 0.3) is 21.6 Å². The summed E-state index contributed by atoms with van der Waals surface area (Å²) in [5, 5.41) is 11.3. The first-order chi connectivity index (χ1) is 15.1. The molecule has 0 aliphatic carbocycles. The van der Waals surface area contributed by atoms with Crippen LogP contribution in [0.4, 0.5) is 11.4 Å². The Hall–Kier alpha value is -3.72. The Kier molecular flexibility index (Phi) is 6.59. The van der Waals surface area contributed by atoms with Crippen LogP contribution in [-0.2, 0) is 10.0 Å². The molecule has 166 valence electrons. The van der Waals surface area contributed by atoms with E-state index in [1.807, 2.05) is 13.8 Å². The minimum Gasteiger partial charge on any atom is -0.494 e. The highest BCUT2D eigenvalue weighted by molar-refractivity contribution is 7.93. The maximum atomic E-state index is 13.5. The summed E-state index contributed by atoms with van der Waals surface area (Å²) in [6, 6.07) is 16.0. The molecule has 32 heavy (non-hydrogen) atoms. The van der Waals surface area contributed by atoms with E-state index in [0.717, 1.165) is 11.6 Å². The molecule has 0 aliphatic rings. The van der Waals surface area contributed by atoms with Gasteiger partial charge in [0.15, 0.2) is 0 Å². The molecular weight excluding hydrogens is 432 g/mol. The van der Waals surface area contributed by atoms with Gasteiger partial charge in [-0.3, -0.25) is 14.9 Å². The van der Waals surface area contributed by atoms with Crippen LogP contribution in [0.3, 0.4) is 0 Å². The molecule has 0 unspecified atom stereocenters. The van der Waals surface area contributed by atoms with Crippen molar-refractivity contribution in [3.05, 3.63) is 93.5 Å². The van der Waals surface area contributed by atoms with Crippen molar-refractivity contribution in [3.63, 3.8) is 0 Å². The van der Waals surface area contributed by atoms with E-state index in [1.54, 1.807) is 31.2 Å². The average molecular weight is 455 g/mol. The molecule has 0 spiro atoms. The quantitative estimate of drug-likeness (QED) is 0.380. The Labute approximate surface area is 186 Å². The third kappa shape index (κ3) is 4.62. The van der Waals surface area contributed by atoms with E-state index in [2.05, 4.69) is 0 Å². The highest BCUT2D eigenvalue weighted by atomic mass is 32.2. The van der Waals surface area contributed by atoms with Gasteiger partial charge in [-0.05, 0) is 63.2 Å². The van der Waals surface area contributed by atoms with Crippen molar-refractivity contribution in [2.45, 2.75) is 25.7 Å². The summed E-state index contributed by atoms with van der Waals surface area (Å²) in [6.45, 7) is 5.60. The SMILES string of the molecule is CCOc1ccc(N(C(=O)c2ccc(C)c([N+](=O)[O-])c2)S(=O)(=O)c2ccc(C)cc2)cc1. The second-order valence-electron chi connectivity index (χ2n) is 7.07. The highest BCUT2D eigenvalue weighted by Crippen LogP contribution is 2.29. The first-order valence-corrected chi connectivity index (χ1v) is 11.2. The lowest BCUT2D eigenvalue weighted by Crippen LogP contribution is -2.37. The van der Waals surface area contributed by atoms with Crippen LogP contribution in [0.2, 0.25) is 0 Å². The van der Waals surface area contributed by atoms with Gasteiger partial charge in [-0.15, -0.1) is 0 Å². The van der Waals surface area contributed by atoms with Crippen LogP contribution in [0, 0.1) is 24.0 Å². The number of amides is 1. The Balaban J connectivity index is 2.16. The van der Waals surface area contributed by atoms with E-state index in [-0.39, 0.29) is 21.8 Å². The van der Waals surface area contributed by atoms with E-state index in [1.165, 1.54) is 36.4 Å². The lowest BCUT2D eigenvalue weighted by Gasteiger charge is -2.23. The normalized spacial score (nSPS) is 11.1. The molecule has 0 saturated heterocycles. The molecule has 0 heterocycles. The first kappa shape index (κ1) is 23.0. The molecule has 0 aromatic heterocycles. The Morgan fingerprint density at radius 3 is 2.19 bits per heavy atom. The lowest BCUT2D eigenvalue weighted by atomic mass is 10.1. The third-order valence-electron chi connectivity index (χ3n) is 4.78. The van der Waals surface area contributed by atoms with Crippen LogP contribution in [0.25, 0.3) is 0 Å². The van der Waals surface area contributed by atoms with E-state index in [9.17, 15) is 23.3 Å². The van der Waals surface area contributed by atoms with Gasteiger partial charge in [0.05, 0.1) is 22.1 Å². The van der Waals surface area contributed by atoms with Gasteiger partial charge in [0.2, 0.25) is 0 Å². The molecule has 3 aromatic rings. The van der Waals surface area contributed by atoms with Gasteiger partial charge in [0.1, 0.15) is 5.75 Å². The van der Waals surface area contributed by atoms with Crippen LogP contribution >= 0.6 is 0 Å². The smallest absolute Gasteiger partial charge is 0.273 e. The monoisotopic (exact) mass is 454 g/mol. The minimum atomic E-state index is -4.31. The van der Waals surface area contributed by atoms with Crippen LogP contribution in [-0.4, -0.2) is 25.9 Å². The van der Waals surface area contributed by atoms with Crippen LogP contribution in [0.1, 0.15) is 28.4 Å². The standard InChI is InChI=1S/C23H22N2O6S/c1-4-31-20-11-9-19(10-12-20)24(32(29,30)21-13-5-16(2)6-14-21)23(26)18-8-7-17(3)22(15-18)25(27)28/h5-15H,4H2,1-3H3.